The van der Waals surface area contributed by atoms with E-state index < -0.39 is 23.6 Å². The molecule has 0 unspecified atom stereocenters. The van der Waals surface area contributed by atoms with E-state index in [2.05, 4.69) is 10.1 Å². The zero-order chi connectivity index (χ0) is 19.6. The van der Waals surface area contributed by atoms with Gasteiger partial charge in [-0.05, 0) is 35.9 Å². The molecule has 0 bridgehead atoms. The van der Waals surface area contributed by atoms with Crippen LogP contribution in [-0.4, -0.2) is 29.8 Å². The van der Waals surface area contributed by atoms with E-state index in [0.717, 1.165) is 4.90 Å². The smallest absolute Gasteiger partial charge is 0.337 e. The maximum absolute atomic E-state index is 13.3. The van der Waals surface area contributed by atoms with Crippen molar-refractivity contribution in [2.75, 3.05) is 12.4 Å². The van der Waals surface area contributed by atoms with Crippen LogP contribution in [0.15, 0.2) is 59.3 Å². The summed E-state index contributed by atoms with van der Waals surface area (Å²) in [6, 6.07) is 11.7. The number of hydrogen-bond acceptors (Lipinski definition) is 5. The van der Waals surface area contributed by atoms with Gasteiger partial charge in [0.2, 0.25) is 0 Å². The minimum absolute atomic E-state index is 0.0241. The normalized spacial score (nSPS) is 14.0. The van der Waals surface area contributed by atoms with E-state index in [4.69, 9.17) is 11.6 Å². The molecule has 6 nitrogen and oxygen atoms in total. The second kappa shape index (κ2) is 7.59. The molecule has 1 aliphatic heterocycles. The number of nitrogens with one attached hydrogen (secondary N) is 1. The lowest BCUT2D eigenvalue weighted by Crippen LogP contribution is -2.31. The minimum Gasteiger partial charge on any atom is -0.465 e. The van der Waals surface area contributed by atoms with E-state index in [1.807, 2.05) is 0 Å². The Balaban J connectivity index is 1.76. The second-order valence-corrected chi connectivity index (χ2v) is 6.09. The van der Waals surface area contributed by atoms with Crippen LogP contribution in [0.2, 0.25) is 0 Å². The third-order valence-corrected chi connectivity index (χ3v) is 4.27. The first-order valence-electron chi connectivity index (χ1n) is 7.86. The van der Waals surface area contributed by atoms with Crippen molar-refractivity contribution in [3.05, 3.63) is 76.2 Å². The summed E-state index contributed by atoms with van der Waals surface area (Å²) < 4.78 is 17.9. The van der Waals surface area contributed by atoms with Crippen LogP contribution in [0.5, 0.6) is 0 Å². The number of rotatable bonds is 5. The van der Waals surface area contributed by atoms with Gasteiger partial charge in [0, 0.05) is 5.69 Å². The molecule has 2 aromatic rings. The Kier molecular flexibility index (Phi) is 5.23. The van der Waals surface area contributed by atoms with Gasteiger partial charge in [0.1, 0.15) is 16.5 Å². The number of imide groups is 1. The lowest BCUT2D eigenvalue weighted by molar-refractivity contribution is -0.138. The highest BCUT2D eigenvalue weighted by Gasteiger charge is 2.37. The summed E-state index contributed by atoms with van der Waals surface area (Å²) in [5.74, 6) is -2.25. The monoisotopic (exact) mass is 388 g/mol. The number of anilines is 1. The Morgan fingerprint density at radius 3 is 2.48 bits per heavy atom. The number of methoxy groups -OCH3 is 1. The van der Waals surface area contributed by atoms with Crippen LogP contribution >= 0.6 is 11.6 Å². The van der Waals surface area contributed by atoms with Crippen molar-refractivity contribution in [1.29, 1.82) is 0 Å². The van der Waals surface area contributed by atoms with Crippen molar-refractivity contribution in [2.45, 2.75) is 6.54 Å². The summed E-state index contributed by atoms with van der Waals surface area (Å²) in [4.78, 5) is 37.3. The zero-order valence-corrected chi connectivity index (χ0v) is 14.9. The van der Waals surface area contributed by atoms with Crippen LogP contribution < -0.4 is 5.32 Å². The first kappa shape index (κ1) is 18.6. The van der Waals surface area contributed by atoms with Gasteiger partial charge >= 0.3 is 5.97 Å². The van der Waals surface area contributed by atoms with Crippen molar-refractivity contribution in [1.82, 2.24) is 4.90 Å². The first-order valence-corrected chi connectivity index (χ1v) is 8.24. The molecule has 0 radical (unpaired) electrons. The third-order valence-electron chi connectivity index (χ3n) is 3.92. The van der Waals surface area contributed by atoms with Crippen molar-refractivity contribution < 1.29 is 23.5 Å². The van der Waals surface area contributed by atoms with Gasteiger partial charge in [-0.3, -0.25) is 14.5 Å². The van der Waals surface area contributed by atoms with Crippen LogP contribution in [0.25, 0.3) is 0 Å². The largest absolute Gasteiger partial charge is 0.465 e. The molecule has 0 fully saturated rings. The number of nitrogens with zero attached hydrogens (tertiary/aromatic N) is 1. The molecule has 3 rings (SSSR count). The van der Waals surface area contributed by atoms with Gasteiger partial charge in [0.25, 0.3) is 11.8 Å². The summed E-state index contributed by atoms with van der Waals surface area (Å²) in [5.41, 5.74) is 1.16. The number of amides is 2. The molecule has 27 heavy (non-hydrogen) atoms. The molecule has 0 atom stereocenters. The highest BCUT2D eigenvalue weighted by molar-refractivity contribution is 6.48. The molecule has 0 saturated heterocycles. The summed E-state index contributed by atoms with van der Waals surface area (Å²) in [5, 5.41) is 2.43. The molecule has 1 aliphatic rings. The number of carbonyl (C=O) groups excluding carboxylic acids is 3. The van der Waals surface area contributed by atoms with Crippen LogP contribution in [0.3, 0.4) is 0 Å². The minimum atomic E-state index is -0.655. The van der Waals surface area contributed by atoms with Gasteiger partial charge in [0.15, 0.2) is 0 Å². The third kappa shape index (κ3) is 3.83. The van der Waals surface area contributed by atoms with E-state index in [1.54, 1.807) is 18.2 Å². The molecule has 0 saturated carbocycles. The van der Waals surface area contributed by atoms with Crippen molar-refractivity contribution in [3.8, 4) is 0 Å². The highest BCUT2D eigenvalue weighted by atomic mass is 35.5. The Morgan fingerprint density at radius 2 is 1.85 bits per heavy atom. The Morgan fingerprint density at radius 1 is 1.15 bits per heavy atom. The van der Waals surface area contributed by atoms with Gasteiger partial charge in [-0.25, -0.2) is 9.18 Å². The number of ether oxygens (including phenoxy) is 1. The molecule has 0 spiro atoms. The van der Waals surface area contributed by atoms with Crippen LogP contribution in [-0.2, 0) is 20.9 Å². The van der Waals surface area contributed by atoms with E-state index in [1.165, 1.54) is 37.4 Å². The standard InChI is InChI=1S/C19H14ClFN2O4/c1-27-19(26)12-7-5-11(6-8-12)10-23-17(24)15(20)16(18(23)25)22-14-4-2-3-13(21)9-14/h2-9,22H,10H2,1H3. The maximum Gasteiger partial charge on any atom is 0.337 e. The van der Waals surface area contributed by atoms with E-state index in [0.29, 0.717) is 16.8 Å². The quantitative estimate of drug-likeness (QED) is 0.629. The number of benzene rings is 2. The Labute approximate surface area is 159 Å². The lowest BCUT2D eigenvalue weighted by atomic mass is 10.1. The van der Waals surface area contributed by atoms with Crippen molar-refractivity contribution in [2.24, 2.45) is 0 Å². The lowest BCUT2D eigenvalue weighted by Gasteiger charge is -2.15. The summed E-state index contributed by atoms with van der Waals surface area (Å²) in [6.07, 6.45) is 0. The average molecular weight is 389 g/mol. The molecule has 2 aromatic carbocycles. The predicted octanol–water partition coefficient (Wildman–Crippen LogP) is 3.04. The van der Waals surface area contributed by atoms with Gasteiger partial charge in [0.05, 0.1) is 19.2 Å². The number of esters is 1. The van der Waals surface area contributed by atoms with E-state index in [9.17, 15) is 18.8 Å². The molecule has 2 amide bonds. The van der Waals surface area contributed by atoms with Crippen LogP contribution in [0.4, 0.5) is 10.1 Å². The summed E-state index contributed by atoms with van der Waals surface area (Å²) >= 11 is 6.01. The molecular formula is C19H14ClFN2O4. The van der Waals surface area contributed by atoms with Crippen molar-refractivity contribution in [3.63, 3.8) is 0 Å². The number of halogens is 2. The van der Waals surface area contributed by atoms with Crippen LogP contribution in [0, 0.1) is 5.82 Å². The fourth-order valence-corrected chi connectivity index (χ4v) is 2.79. The van der Waals surface area contributed by atoms with E-state index >= 15 is 0 Å². The molecule has 8 heteroatoms. The van der Waals surface area contributed by atoms with Gasteiger partial charge < -0.3 is 10.1 Å². The first-order chi connectivity index (χ1) is 12.9. The Hall–Kier alpha value is -3.19. The Bertz CT molecular complexity index is 956. The van der Waals surface area contributed by atoms with Crippen LogP contribution in [0.1, 0.15) is 15.9 Å². The molecule has 0 aliphatic carbocycles. The molecule has 1 N–H and O–H groups in total. The van der Waals surface area contributed by atoms with E-state index in [-0.39, 0.29) is 17.3 Å². The van der Waals surface area contributed by atoms with Gasteiger partial charge in [-0.15, -0.1) is 0 Å². The number of carbonyl (C=O) groups is 3. The molecule has 138 valence electrons. The average Bonchev–Trinajstić information content (AvgIpc) is 2.86. The summed E-state index contributed by atoms with van der Waals surface area (Å²) in [6.45, 7) is -0.0241. The number of hydrogen-bond donors (Lipinski definition) is 1. The fourth-order valence-electron chi connectivity index (χ4n) is 2.56. The zero-order valence-electron chi connectivity index (χ0n) is 14.2. The van der Waals surface area contributed by atoms with Gasteiger partial charge in [-0.2, -0.15) is 0 Å². The molecule has 0 aromatic heterocycles. The van der Waals surface area contributed by atoms with Gasteiger partial charge in [-0.1, -0.05) is 29.8 Å². The second-order valence-electron chi connectivity index (χ2n) is 5.71. The fraction of sp³-hybridized carbons (Fsp3) is 0.105. The highest BCUT2D eigenvalue weighted by Crippen LogP contribution is 2.27. The topological polar surface area (TPSA) is 75.7 Å². The SMILES string of the molecule is COC(=O)c1ccc(CN2C(=O)C(Cl)=C(Nc3cccc(F)c3)C2=O)cc1. The molecule has 1 heterocycles. The van der Waals surface area contributed by atoms with Crippen molar-refractivity contribution >= 4 is 35.1 Å². The predicted molar refractivity (Wildman–Crippen MR) is 96.2 cm³/mol. The molecular weight excluding hydrogens is 375 g/mol. The summed E-state index contributed by atoms with van der Waals surface area (Å²) in [7, 11) is 1.28. The maximum atomic E-state index is 13.3.